The van der Waals surface area contributed by atoms with E-state index in [2.05, 4.69) is 5.10 Å². The molecule has 0 aliphatic rings. The van der Waals surface area contributed by atoms with Crippen LogP contribution in [0.5, 0.6) is 0 Å². The topological polar surface area (TPSA) is 75.1 Å². The lowest BCUT2D eigenvalue weighted by Gasteiger charge is -2.01. The summed E-state index contributed by atoms with van der Waals surface area (Å²) in [6.07, 6.45) is 0.435. The fourth-order valence-corrected chi connectivity index (χ4v) is 1.94. The molecule has 0 fully saturated rings. The van der Waals surface area contributed by atoms with Crippen LogP contribution in [0.15, 0.2) is 29.1 Å². The average Bonchev–Trinajstić information content (AvgIpc) is 2.66. The molecule has 5 nitrogen and oxygen atoms in total. The maximum Gasteiger partial charge on any atom is 0.343 e. The standard InChI is InChI=1S/C12H11ClN2O3/c1-2-9-10(12(17)18)11(16)15(14-9)8-5-3-4-7(13)6-8/h3-6,14H,2H2,1H3,(H,17,18). The van der Waals surface area contributed by atoms with Crippen molar-refractivity contribution >= 4 is 17.6 Å². The molecular formula is C12H11ClN2O3. The Morgan fingerprint density at radius 1 is 1.50 bits per heavy atom. The number of nitrogens with zero attached hydrogens (tertiary/aromatic N) is 1. The van der Waals surface area contributed by atoms with E-state index in [1.54, 1.807) is 31.2 Å². The van der Waals surface area contributed by atoms with Crippen molar-refractivity contribution in [1.29, 1.82) is 0 Å². The van der Waals surface area contributed by atoms with Crippen LogP contribution >= 0.6 is 11.6 Å². The van der Waals surface area contributed by atoms with Crippen LogP contribution < -0.4 is 5.56 Å². The van der Waals surface area contributed by atoms with E-state index in [9.17, 15) is 9.59 Å². The third-order valence-corrected chi connectivity index (χ3v) is 2.83. The normalized spacial score (nSPS) is 10.6. The first-order valence-electron chi connectivity index (χ1n) is 5.37. The second kappa shape index (κ2) is 4.70. The van der Waals surface area contributed by atoms with Crippen LogP contribution in [-0.2, 0) is 6.42 Å². The number of aromatic nitrogens is 2. The lowest BCUT2D eigenvalue weighted by molar-refractivity contribution is 0.0694. The van der Waals surface area contributed by atoms with Gasteiger partial charge < -0.3 is 5.11 Å². The molecule has 2 N–H and O–H groups in total. The van der Waals surface area contributed by atoms with Crippen molar-refractivity contribution in [3.63, 3.8) is 0 Å². The Morgan fingerprint density at radius 3 is 2.72 bits per heavy atom. The number of benzene rings is 1. The molecule has 0 aliphatic carbocycles. The number of carbonyl (C=O) groups is 1. The number of halogens is 1. The largest absolute Gasteiger partial charge is 0.477 e. The SMILES string of the molecule is CCc1[nH]n(-c2cccc(Cl)c2)c(=O)c1C(=O)O. The van der Waals surface area contributed by atoms with Crippen molar-refractivity contribution < 1.29 is 9.90 Å². The van der Waals surface area contributed by atoms with Crippen molar-refractivity contribution in [1.82, 2.24) is 9.78 Å². The lowest BCUT2D eigenvalue weighted by atomic mass is 10.2. The smallest absolute Gasteiger partial charge is 0.343 e. The second-order valence-corrected chi connectivity index (χ2v) is 4.18. The van der Waals surface area contributed by atoms with E-state index in [0.29, 0.717) is 22.8 Å². The van der Waals surface area contributed by atoms with E-state index in [1.165, 1.54) is 4.68 Å². The molecule has 18 heavy (non-hydrogen) atoms. The van der Waals surface area contributed by atoms with Crippen LogP contribution in [-0.4, -0.2) is 20.9 Å². The summed E-state index contributed by atoms with van der Waals surface area (Å²) >= 11 is 5.84. The third-order valence-electron chi connectivity index (χ3n) is 2.60. The molecule has 0 amide bonds. The van der Waals surface area contributed by atoms with Crippen LogP contribution in [0.2, 0.25) is 5.02 Å². The first kappa shape index (κ1) is 12.4. The lowest BCUT2D eigenvalue weighted by Crippen LogP contribution is -2.20. The summed E-state index contributed by atoms with van der Waals surface area (Å²) in [5.41, 5.74) is 0.0984. The van der Waals surface area contributed by atoms with Crippen molar-refractivity contribution in [3.8, 4) is 5.69 Å². The van der Waals surface area contributed by atoms with Crippen LogP contribution in [0.1, 0.15) is 23.0 Å². The van der Waals surface area contributed by atoms with E-state index < -0.39 is 11.5 Å². The van der Waals surface area contributed by atoms with Gasteiger partial charge in [-0.3, -0.25) is 9.89 Å². The number of carboxylic acids is 1. The summed E-state index contributed by atoms with van der Waals surface area (Å²) in [5.74, 6) is -1.23. The third kappa shape index (κ3) is 2.04. The van der Waals surface area contributed by atoms with Crippen LogP contribution in [0.3, 0.4) is 0 Å². The minimum absolute atomic E-state index is 0.225. The van der Waals surface area contributed by atoms with Gasteiger partial charge in [-0.05, 0) is 24.6 Å². The van der Waals surface area contributed by atoms with Crippen LogP contribution in [0.25, 0.3) is 5.69 Å². The Bertz CT molecular complexity index is 658. The number of H-pyrrole nitrogens is 1. The second-order valence-electron chi connectivity index (χ2n) is 3.74. The number of aromatic amines is 1. The molecule has 0 spiro atoms. The Balaban J connectivity index is 2.67. The molecule has 0 unspecified atom stereocenters. The van der Waals surface area contributed by atoms with Crippen molar-refractivity contribution in [2.24, 2.45) is 0 Å². The molecule has 1 aromatic heterocycles. The Kier molecular flexibility index (Phi) is 3.25. The highest BCUT2D eigenvalue weighted by atomic mass is 35.5. The monoisotopic (exact) mass is 266 g/mol. The number of aryl methyl sites for hydroxylation is 1. The summed E-state index contributed by atoms with van der Waals surface area (Å²) in [6.45, 7) is 1.78. The summed E-state index contributed by atoms with van der Waals surface area (Å²) in [5, 5.41) is 12.3. The number of hydrogen-bond acceptors (Lipinski definition) is 2. The quantitative estimate of drug-likeness (QED) is 0.893. The molecule has 2 rings (SSSR count). The summed E-state index contributed by atoms with van der Waals surface area (Å²) < 4.78 is 1.19. The fraction of sp³-hybridized carbons (Fsp3) is 0.167. The Hall–Kier alpha value is -2.01. The highest BCUT2D eigenvalue weighted by Crippen LogP contribution is 2.14. The molecule has 2 aromatic rings. The number of hydrogen-bond donors (Lipinski definition) is 2. The van der Waals surface area contributed by atoms with Crippen molar-refractivity contribution in [3.05, 3.63) is 50.9 Å². The van der Waals surface area contributed by atoms with Crippen molar-refractivity contribution in [2.75, 3.05) is 0 Å². The predicted octanol–water partition coefficient (Wildman–Crippen LogP) is 2.08. The van der Waals surface area contributed by atoms with E-state index in [4.69, 9.17) is 16.7 Å². The zero-order valence-electron chi connectivity index (χ0n) is 9.61. The summed E-state index contributed by atoms with van der Waals surface area (Å²) in [7, 11) is 0. The molecule has 0 bridgehead atoms. The molecular weight excluding hydrogens is 256 g/mol. The van der Waals surface area contributed by atoms with Gasteiger partial charge in [0.05, 0.1) is 11.4 Å². The van der Waals surface area contributed by atoms with E-state index >= 15 is 0 Å². The summed E-state index contributed by atoms with van der Waals surface area (Å²) in [6, 6.07) is 6.63. The van der Waals surface area contributed by atoms with Crippen LogP contribution in [0, 0.1) is 0 Å². The minimum atomic E-state index is -1.23. The fourth-order valence-electron chi connectivity index (χ4n) is 1.76. The zero-order valence-corrected chi connectivity index (χ0v) is 10.4. The van der Waals surface area contributed by atoms with Gasteiger partial charge in [0.1, 0.15) is 5.56 Å². The van der Waals surface area contributed by atoms with Gasteiger partial charge in [-0.1, -0.05) is 24.6 Å². The highest BCUT2D eigenvalue weighted by Gasteiger charge is 2.19. The molecule has 0 saturated carbocycles. The van der Waals surface area contributed by atoms with Gasteiger partial charge in [-0.25, -0.2) is 9.48 Å². The Morgan fingerprint density at radius 2 is 2.22 bits per heavy atom. The van der Waals surface area contributed by atoms with Gasteiger partial charge in [0.25, 0.3) is 5.56 Å². The van der Waals surface area contributed by atoms with Gasteiger partial charge in [0.15, 0.2) is 0 Å². The van der Waals surface area contributed by atoms with E-state index in [1.807, 2.05) is 0 Å². The maximum atomic E-state index is 12.0. The molecule has 0 radical (unpaired) electrons. The molecule has 1 aromatic carbocycles. The van der Waals surface area contributed by atoms with Gasteiger partial charge in [-0.2, -0.15) is 0 Å². The van der Waals surface area contributed by atoms with Gasteiger partial charge in [-0.15, -0.1) is 0 Å². The van der Waals surface area contributed by atoms with Gasteiger partial charge in [0.2, 0.25) is 0 Å². The average molecular weight is 267 g/mol. The van der Waals surface area contributed by atoms with E-state index in [-0.39, 0.29) is 5.56 Å². The molecule has 6 heteroatoms. The molecule has 0 atom stereocenters. The highest BCUT2D eigenvalue weighted by molar-refractivity contribution is 6.30. The van der Waals surface area contributed by atoms with Crippen molar-refractivity contribution in [2.45, 2.75) is 13.3 Å². The summed E-state index contributed by atoms with van der Waals surface area (Å²) in [4.78, 5) is 23.1. The molecule has 1 heterocycles. The number of nitrogens with one attached hydrogen (secondary N) is 1. The zero-order chi connectivity index (χ0) is 13.3. The van der Waals surface area contributed by atoms with Crippen LogP contribution in [0.4, 0.5) is 0 Å². The van der Waals surface area contributed by atoms with E-state index in [0.717, 1.165) is 0 Å². The predicted molar refractivity (Wildman–Crippen MR) is 67.7 cm³/mol. The first-order valence-corrected chi connectivity index (χ1v) is 5.75. The molecule has 0 aliphatic heterocycles. The molecule has 0 saturated heterocycles. The first-order chi connectivity index (χ1) is 8.54. The number of rotatable bonds is 3. The maximum absolute atomic E-state index is 12.0. The Labute approximate surface area is 108 Å². The number of aromatic carboxylic acids is 1. The van der Waals surface area contributed by atoms with Gasteiger partial charge in [0, 0.05) is 5.02 Å². The molecule has 94 valence electrons. The number of carboxylic acid groups (broad SMARTS) is 1. The minimum Gasteiger partial charge on any atom is -0.477 e. The van der Waals surface area contributed by atoms with Gasteiger partial charge >= 0.3 is 5.97 Å².